The summed E-state index contributed by atoms with van der Waals surface area (Å²) in [5.74, 6) is 2.19. The summed E-state index contributed by atoms with van der Waals surface area (Å²) < 4.78 is 0. The topological polar surface area (TPSA) is 25.8 Å². The fraction of sp³-hybridized carbons (Fsp3) is 0.375. The quantitative estimate of drug-likeness (QED) is 0.582. The molecular weight excluding hydrogens is 288 g/mol. The number of rotatable bonds is 4. The van der Waals surface area contributed by atoms with Crippen molar-refractivity contribution in [1.82, 2.24) is 9.97 Å². The Morgan fingerprint density at radius 1 is 1.10 bits per heavy atom. The molecular formula is C16H17ClN2S. The summed E-state index contributed by atoms with van der Waals surface area (Å²) in [7, 11) is 0. The first-order chi connectivity index (χ1) is 9.81. The van der Waals surface area contributed by atoms with Gasteiger partial charge in [-0.05, 0) is 31.0 Å². The highest BCUT2D eigenvalue weighted by Gasteiger charge is 2.19. The van der Waals surface area contributed by atoms with Crippen LogP contribution >= 0.6 is 23.4 Å². The predicted molar refractivity (Wildman–Crippen MR) is 84.3 cm³/mol. The van der Waals surface area contributed by atoms with Crippen molar-refractivity contribution in [2.45, 2.75) is 42.2 Å². The van der Waals surface area contributed by atoms with Crippen LogP contribution in [0.5, 0.6) is 0 Å². The van der Waals surface area contributed by atoms with Gasteiger partial charge in [-0.3, -0.25) is 0 Å². The minimum absolute atomic E-state index is 0.575. The number of nitrogens with zero attached hydrogens (tertiary/aromatic N) is 2. The van der Waals surface area contributed by atoms with E-state index >= 15 is 0 Å². The Morgan fingerprint density at radius 2 is 1.85 bits per heavy atom. The molecule has 0 aliphatic heterocycles. The van der Waals surface area contributed by atoms with Crippen LogP contribution in [0.4, 0.5) is 0 Å². The number of halogens is 1. The van der Waals surface area contributed by atoms with Gasteiger partial charge in [0, 0.05) is 16.5 Å². The van der Waals surface area contributed by atoms with Crippen LogP contribution in [-0.4, -0.2) is 9.97 Å². The Morgan fingerprint density at radius 3 is 2.60 bits per heavy atom. The van der Waals surface area contributed by atoms with Gasteiger partial charge in [-0.25, -0.2) is 9.97 Å². The summed E-state index contributed by atoms with van der Waals surface area (Å²) >= 11 is 7.90. The lowest BCUT2D eigenvalue weighted by Crippen LogP contribution is -2.02. The number of thioether (sulfide) groups is 1. The van der Waals surface area contributed by atoms with Crippen molar-refractivity contribution in [2.24, 2.45) is 0 Å². The summed E-state index contributed by atoms with van der Waals surface area (Å²) in [5, 5.41) is 0.575. The van der Waals surface area contributed by atoms with E-state index in [0.29, 0.717) is 11.1 Å². The first kappa shape index (κ1) is 13.9. The van der Waals surface area contributed by atoms with Gasteiger partial charge in [-0.2, -0.15) is 0 Å². The molecule has 1 aliphatic carbocycles. The van der Waals surface area contributed by atoms with Crippen LogP contribution in [0.1, 0.15) is 43.1 Å². The summed E-state index contributed by atoms with van der Waals surface area (Å²) in [6, 6.07) is 12.3. The molecule has 1 aromatic heterocycles. The molecule has 4 heteroatoms. The van der Waals surface area contributed by atoms with E-state index in [4.69, 9.17) is 16.6 Å². The van der Waals surface area contributed by atoms with Gasteiger partial charge in [-0.1, -0.05) is 42.6 Å². The molecule has 2 nitrogen and oxygen atoms in total. The van der Waals surface area contributed by atoms with E-state index in [0.717, 1.165) is 17.3 Å². The molecule has 0 saturated heterocycles. The largest absolute Gasteiger partial charge is 0.237 e. The minimum atomic E-state index is 0.575. The molecule has 1 heterocycles. The number of aromatic nitrogens is 2. The van der Waals surface area contributed by atoms with Crippen LogP contribution in [0, 0.1) is 0 Å². The van der Waals surface area contributed by atoms with Crippen molar-refractivity contribution in [2.75, 3.05) is 0 Å². The van der Waals surface area contributed by atoms with Gasteiger partial charge in [0.15, 0.2) is 0 Å². The van der Waals surface area contributed by atoms with Gasteiger partial charge in [0.1, 0.15) is 11.0 Å². The van der Waals surface area contributed by atoms with Gasteiger partial charge in [0.25, 0.3) is 0 Å². The first-order valence-electron chi connectivity index (χ1n) is 7.02. The molecule has 0 spiro atoms. The van der Waals surface area contributed by atoms with Gasteiger partial charge in [0.05, 0.1) is 5.75 Å². The third-order valence-electron chi connectivity index (χ3n) is 3.65. The lowest BCUT2D eigenvalue weighted by Gasteiger charge is -2.10. The molecule has 2 aromatic rings. The monoisotopic (exact) mass is 304 g/mol. The second-order valence-corrected chi connectivity index (χ2v) is 6.55. The molecule has 0 bridgehead atoms. The Hall–Kier alpha value is -1.06. The molecule has 20 heavy (non-hydrogen) atoms. The lowest BCUT2D eigenvalue weighted by atomic mass is 10.0. The standard InChI is InChI=1S/C16H17ClN2S/c17-15-10-14(12-6-4-5-7-12)18-16(19-15)11-20-13-8-2-1-3-9-13/h1-3,8-10,12H,4-7,11H2. The van der Waals surface area contributed by atoms with Crippen LogP contribution < -0.4 is 0 Å². The molecule has 3 rings (SSSR count). The smallest absolute Gasteiger partial charge is 0.140 e. The normalized spacial score (nSPS) is 15.7. The van der Waals surface area contributed by atoms with Crippen molar-refractivity contribution < 1.29 is 0 Å². The Bertz CT molecular complexity index is 568. The number of hydrogen-bond acceptors (Lipinski definition) is 3. The summed E-state index contributed by atoms with van der Waals surface area (Å²) in [4.78, 5) is 10.3. The van der Waals surface area contributed by atoms with Gasteiger partial charge >= 0.3 is 0 Å². The van der Waals surface area contributed by atoms with Crippen LogP contribution in [0.2, 0.25) is 5.15 Å². The van der Waals surface area contributed by atoms with E-state index in [1.165, 1.54) is 30.6 Å². The average Bonchev–Trinajstić information content (AvgIpc) is 3.00. The summed E-state index contributed by atoms with van der Waals surface area (Å²) in [6.07, 6.45) is 5.08. The van der Waals surface area contributed by atoms with E-state index in [-0.39, 0.29) is 0 Å². The van der Waals surface area contributed by atoms with Crippen LogP contribution in [0.15, 0.2) is 41.3 Å². The third-order valence-corrected chi connectivity index (χ3v) is 4.85. The molecule has 0 radical (unpaired) electrons. The Balaban J connectivity index is 1.72. The zero-order chi connectivity index (χ0) is 13.8. The van der Waals surface area contributed by atoms with Crippen molar-refractivity contribution in [3.05, 3.63) is 53.1 Å². The molecule has 1 aliphatic rings. The highest BCUT2D eigenvalue weighted by molar-refractivity contribution is 7.98. The molecule has 0 atom stereocenters. The molecule has 1 saturated carbocycles. The predicted octanol–water partition coefficient (Wildman–Crippen LogP) is 5.08. The van der Waals surface area contributed by atoms with Gasteiger partial charge < -0.3 is 0 Å². The SMILES string of the molecule is Clc1cc(C2CCCC2)nc(CSc2ccccc2)n1. The second kappa shape index (κ2) is 6.59. The third kappa shape index (κ3) is 3.53. The van der Waals surface area contributed by atoms with Crippen LogP contribution in [-0.2, 0) is 5.75 Å². The van der Waals surface area contributed by atoms with Crippen molar-refractivity contribution in [3.8, 4) is 0 Å². The molecule has 1 fully saturated rings. The highest BCUT2D eigenvalue weighted by atomic mass is 35.5. The fourth-order valence-corrected chi connectivity index (χ4v) is 3.63. The maximum Gasteiger partial charge on any atom is 0.140 e. The van der Waals surface area contributed by atoms with Crippen molar-refractivity contribution in [3.63, 3.8) is 0 Å². The maximum atomic E-state index is 6.15. The van der Waals surface area contributed by atoms with Gasteiger partial charge in [-0.15, -0.1) is 11.8 Å². The first-order valence-corrected chi connectivity index (χ1v) is 8.39. The zero-order valence-corrected chi connectivity index (χ0v) is 12.8. The lowest BCUT2D eigenvalue weighted by molar-refractivity contribution is 0.688. The van der Waals surface area contributed by atoms with E-state index in [1.54, 1.807) is 11.8 Å². The van der Waals surface area contributed by atoms with E-state index < -0.39 is 0 Å². The van der Waals surface area contributed by atoms with Crippen LogP contribution in [0.3, 0.4) is 0 Å². The number of hydrogen-bond donors (Lipinski definition) is 0. The Labute approximate surface area is 129 Å². The molecule has 104 valence electrons. The summed E-state index contributed by atoms with van der Waals surface area (Å²) in [5.41, 5.74) is 1.13. The second-order valence-electron chi connectivity index (χ2n) is 5.11. The molecule has 0 unspecified atom stereocenters. The maximum absolute atomic E-state index is 6.15. The van der Waals surface area contributed by atoms with Crippen molar-refractivity contribution >= 4 is 23.4 Å². The molecule has 0 amide bonds. The van der Waals surface area contributed by atoms with Crippen molar-refractivity contribution in [1.29, 1.82) is 0 Å². The average molecular weight is 305 g/mol. The minimum Gasteiger partial charge on any atom is -0.237 e. The fourth-order valence-electron chi connectivity index (χ4n) is 2.64. The van der Waals surface area contributed by atoms with E-state index in [9.17, 15) is 0 Å². The van der Waals surface area contributed by atoms with Gasteiger partial charge in [0.2, 0.25) is 0 Å². The molecule has 1 aromatic carbocycles. The molecule has 0 N–H and O–H groups in total. The number of benzene rings is 1. The van der Waals surface area contributed by atoms with E-state index in [1.807, 2.05) is 24.3 Å². The zero-order valence-electron chi connectivity index (χ0n) is 11.3. The Kier molecular flexibility index (Phi) is 4.58. The highest BCUT2D eigenvalue weighted by Crippen LogP contribution is 2.34. The van der Waals surface area contributed by atoms with E-state index in [2.05, 4.69) is 17.1 Å². The van der Waals surface area contributed by atoms with Crippen LogP contribution in [0.25, 0.3) is 0 Å². The summed E-state index contributed by atoms with van der Waals surface area (Å²) in [6.45, 7) is 0.